The van der Waals surface area contributed by atoms with Crippen LogP contribution in [0.2, 0.25) is 0 Å². The summed E-state index contributed by atoms with van der Waals surface area (Å²) >= 11 is 2.30. The Morgan fingerprint density at radius 3 is 2.78 bits per heavy atom. The van der Waals surface area contributed by atoms with Gasteiger partial charge >= 0.3 is 5.30 Å². The molecule has 27 heavy (non-hydrogen) atoms. The van der Waals surface area contributed by atoms with Crippen LogP contribution in [0.5, 0.6) is 0 Å². The van der Waals surface area contributed by atoms with Crippen molar-refractivity contribution in [2.45, 2.75) is 54.9 Å². The highest BCUT2D eigenvalue weighted by Crippen LogP contribution is 2.24. The maximum atomic E-state index is 12.3. The highest BCUT2D eigenvalue weighted by atomic mass is 32.2. The number of aliphatic hydroxyl groups excluding tert-OH is 1. The molecule has 148 valence electrons. The highest BCUT2D eigenvalue weighted by molar-refractivity contribution is 8.13. The predicted octanol–water partition coefficient (Wildman–Crippen LogP) is 4.62. The fourth-order valence-corrected chi connectivity index (χ4v) is 4.34. The summed E-state index contributed by atoms with van der Waals surface area (Å²) in [7, 11) is 0. The summed E-state index contributed by atoms with van der Waals surface area (Å²) in [5.41, 5.74) is -0.640. The molecule has 7 heteroatoms. The van der Waals surface area contributed by atoms with Gasteiger partial charge in [-0.25, -0.2) is 4.79 Å². The summed E-state index contributed by atoms with van der Waals surface area (Å²) in [6, 6.07) is 9.77. The first-order chi connectivity index (χ1) is 13.1. The van der Waals surface area contributed by atoms with Gasteiger partial charge in [0.1, 0.15) is 5.44 Å². The van der Waals surface area contributed by atoms with Gasteiger partial charge < -0.3 is 15.1 Å². The predicted molar refractivity (Wildman–Crippen MR) is 111 cm³/mol. The van der Waals surface area contributed by atoms with Crippen molar-refractivity contribution >= 4 is 34.7 Å². The zero-order chi connectivity index (χ0) is 19.5. The Labute approximate surface area is 169 Å². The van der Waals surface area contributed by atoms with Gasteiger partial charge in [0.15, 0.2) is 0 Å². The van der Waals surface area contributed by atoms with Crippen LogP contribution in [-0.2, 0) is 4.79 Å². The number of unbranched alkanes of at least 4 members (excludes halogenated alkanes) is 2. The Hall–Kier alpha value is -1.44. The second kappa shape index (κ2) is 12.1. The first-order valence-corrected chi connectivity index (χ1v) is 11.2. The van der Waals surface area contributed by atoms with Crippen LogP contribution < -0.4 is 0 Å². The molecule has 2 atom stereocenters. The average molecular weight is 410 g/mol. The molecule has 0 aliphatic carbocycles. The van der Waals surface area contributed by atoms with Crippen LogP contribution in [0.3, 0.4) is 0 Å². The minimum atomic E-state index is -0.835. The van der Waals surface area contributed by atoms with Gasteiger partial charge in [0.25, 0.3) is 0 Å². The Morgan fingerprint density at radius 2 is 2.04 bits per heavy atom. The fourth-order valence-electron chi connectivity index (χ4n) is 3.06. The number of aliphatic hydroxyl groups is 1. The van der Waals surface area contributed by atoms with Crippen molar-refractivity contribution < 1.29 is 19.8 Å². The quantitative estimate of drug-likeness (QED) is 0.254. The lowest BCUT2D eigenvalue weighted by molar-refractivity contribution is -0.135. The molecule has 1 unspecified atom stereocenters. The van der Waals surface area contributed by atoms with E-state index in [1.165, 1.54) is 11.8 Å². The molecule has 1 saturated heterocycles. The summed E-state index contributed by atoms with van der Waals surface area (Å²) in [4.78, 5) is 25.7. The molecule has 2 N–H and O–H groups in total. The van der Waals surface area contributed by atoms with Crippen molar-refractivity contribution in [3.63, 3.8) is 0 Å². The molecular formula is C20H27NO4S2. The first-order valence-electron chi connectivity index (χ1n) is 9.29. The van der Waals surface area contributed by atoms with Crippen molar-refractivity contribution in [3.05, 3.63) is 42.5 Å². The van der Waals surface area contributed by atoms with E-state index in [2.05, 4.69) is 0 Å². The second-order valence-corrected chi connectivity index (χ2v) is 8.66. The molecule has 5 nitrogen and oxygen atoms in total. The first kappa shape index (κ1) is 21.9. The molecule has 2 rings (SSSR count). The van der Waals surface area contributed by atoms with Crippen LogP contribution >= 0.6 is 23.5 Å². The zero-order valence-corrected chi connectivity index (χ0v) is 17.0. The molecule has 1 aliphatic rings. The molecule has 0 saturated carbocycles. The summed E-state index contributed by atoms with van der Waals surface area (Å²) in [6.45, 7) is 0.688. The third kappa shape index (κ3) is 8.41. The molecule has 1 heterocycles. The third-order valence-electron chi connectivity index (χ3n) is 4.38. The van der Waals surface area contributed by atoms with Gasteiger partial charge in [0.05, 0.1) is 6.04 Å². The van der Waals surface area contributed by atoms with Crippen molar-refractivity contribution in [3.8, 4) is 0 Å². The van der Waals surface area contributed by atoms with Gasteiger partial charge in [0, 0.05) is 23.6 Å². The number of thioether (sulfide) groups is 2. The second-order valence-electron chi connectivity index (χ2n) is 6.43. The number of likely N-dealkylation sites (tertiary alicyclic amines) is 1. The minimum absolute atomic E-state index is 0.0330. The minimum Gasteiger partial charge on any atom is -0.473 e. The lowest BCUT2D eigenvalue weighted by atomic mass is 10.0. The monoisotopic (exact) mass is 409 g/mol. The van der Waals surface area contributed by atoms with Gasteiger partial charge in [-0.3, -0.25) is 4.79 Å². The Morgan fingerprint density at radius 1 is 1.26 bits per heavy atom. The zero-order valence-electron chi connectivity index (χ0n) is 15.3. The smallest absolute Gasteiger partial charge is 0.364 e. The summed E-state index contributed by atoms with van der Waals surface area (Å²) in [5, 5.41) is 18.0. The van der Waals surface area contributed by atoms with Crippen LogP contribution in [0, 0.1) is 0 Å². The summed E-state index contributed by atoms with van der Waals surface area (Å²) in [5.74, 6) is 0.774. The number of hydrogen-bond donors (Lipinski definition) is 2. The average Bonchev–Trinajstić information content (AvgIpc) is 2.65. The van der Waals surface area contributed by atoms with Crippen LogP contribution in [0.15, 0.2) is 47.4 Å². The van der Waals surface area contributed by atoms with E-state index in [9.17, 15) is 14.7 Å². The van der Waals surface area contributed by atoms with Gasteiger partial charge in [-0.05, 0) is 55.7 Å². The Bertz CT molecular complexity index is 624. The summed E-state index contributed by atoms with van der Waals surface area (Å²) < 4.78 is 0. The lowest BCUT2D eigenvalue weighted by Gasteiger charge is -2.34. The molecule has 1 aromatic rings. The van der Waals surface area contributed by atoms with Crippen LogP contribution in [0.4, 0.5) is 4.79 Å². The molecule has 1 amide bonds. The molecule has 1 fully saturated rings. The molecule has 0 radical (unpaired) electrons. The van der Waals surface area contributed by atoms with E-state index in [0.717, 1.165) is 48.8 Å². The van der Waals surface area contributed by atoms with Crippen molar-refractivity contribution in [2.75, 3.05) is 12.3 Å². The van der Waals surface area contributed by atoms with Gasteiger partial charge in [-0.15, -0.1) is 0 Å². The number of carboxylic acid groups (broad SMARTS) is 1. The molecular weight excluding hydrogens is 382 g/mol. The number of nitrogens with zero attached hydrogens (tertiary/aromatic N) is 1. The lowest BCUT2D eigenvalue weighted by Crippen LogP contribution is -2.43. The van der Waals surface area contributed by atoms with Crippen LogP contribution in [0.1, 0.15) is 38.5 Å². The number of rotatable bonds is 10. The normalized spacial score (nSPS) is 18.8. The van der Waals surface area contributed by atoms with Crippen LogP contribution in [0.25, 0.3) is 0 Å². The van der Waals surface area contributed by atoms with Gasteiger partial charge in [-0.2, -0.15) is 0 Å². The van der Waals surface area contributed by atoms with E-state index < -0.39 is 10.7 Å². The molecule has 0 bridgehead atoms. The maximum Gasteiger partial charge on any atom is 0.364 e. The number of hydrogen-bond acceptors (Lipinski definition) is 5. The number of amides is 1. The standard InChI is InChI=1S/C20H27NO4S2/c22-18-11-7-8-16(21(18)14-5-2-6-15-26-20(24)25)12-13-19(23)27-17-9-3-1-4-10-17/h1,3-4,9-10,12-13,16,19,23H,2,5-8,11,14-15H2,(H,24,25)/b13-12+/t16-,19?/m1/s1. The maximum absolute atomic E-state index is 12.3. The number of carbonyl (C=O) groups excluding carboxylic acids is 1. The van der Waals surface area contributed by atoms with E-state index in [-0.39, 0.29) is 11.9 Å². The number of piperidine rings is 1. The molecule has 1 aliphatic heterocycles. The van der Waals surface area contributed by atoms with E-state index in [4.69, 9.17) is 5.11 Å². The van der Waals surface area contributed by atoms with E-state index in [1.807, 2.05) is 41.3 Å². The third-order valence-corrected chi connectivity index (χ3v) is 6.06. The van der Waals surface area contributed by atoms with Gasteiger partial charge in [-0.1, -0.05) is 42.5 Å². The highest BCUT2D eigenvalue weighted by Gasteiger charge is 2.25. The summed E-state index contributed by atoms with van der Waals surface area (Å²) in [6.07, 6.45) is 8.73. The topological polar surface area (TPSA) is 77.8 Å². The molecule has 0 aromatic heterocycles. The Balaban J connectivity index is 1.79. The fraction of sp³-hybridized carbons (Fsp3) is 0.500. The molecule has 1 aromatic carbocycles. The number of carbonyl (C=O) groups is 2. The van der Waals surface area contributed by atoms with Crippen molar-refractivity contribution in [1.82, 2.24) is 4.90 Å². The Kier molecular flexibility index (Phi) is 9.80. The van der Waals surface area contributed by atoms with E-state index in [0.29, 0.717) is 18.7 Å². The van der Waals surface area contributed by atoms with Crippen LogP contribution in [-0.4, -0.2) is 50.1 Å². The largest absolute Gasteiger partial charge is 0.473 e. The van der Waals surface area contributed by atoms with Crippen molar-refractivity contribution in [2.24, 2.45) is 0 Å². The van der Waals surface area contributed by atoms with E-state index in [1.54, 1.807) is 6.08 Å². The van der Waals surface area contributed by atoms with E-state index >= 15 is 0 Å². The van der Waals surface area contributed by atoms with Gasteiger partial charge in [0.2, 0.25) is 5.91 Å². The number of benzene rings is 1. The van der Waals surface area contributed by atoms with Crippen molar-refractivity contribution in [1.29, 1.82) is 0 Å². The molecule has 0 spiro atoms. The SMILES string of the molecule is O=C(O)SCCCCCN1C(=O)CCC[C@@H]1/C=C/C(O)Sc1ccccc1.